The van der Waals surface area contributed by atoms with Crippen molar-refractivity contribution in [3.63, 3.8) is 0 Å². The lowest BCUT2D eigenvalue weighted by Crippen LogP contribution is -2.23. The fourth-order valence-electron chi connectivity index (χ4n) is 2.53. The van der Waals surface area contributed by atoms with E-state index in [4.69, 9.17) is 10.5 Å². The Morgan fingerprint density at radius 1 is 1.35 bits per heavy atom. The summed E-state index contributed by atoms with van der Waals surface area (Å²) in [4.78, 5) is 2.11. The van der Waals surface area contributed by atoms with E-state index in [1.807, 2.05) is 14.1 Å². The maximum Gasteiger partial charge on any atom is 0.0536 e. The van der Waals surface area contributed by atoms with Crippen molar-refractivity contribution in [1.29, 1.82) is 0 Å². The van der Waals surface area contributed by atoms with Crippen LogP contribution in [0.4, 0.5) is 0 Å². The van der Waals surface area contributed by atoms with Gasteiger partial charge in [-0.2, -0.15) is 0 Å². The molecule has 0 aromatic heterocycles. The first-order chi connectivity index (χ1) is 9.45. The second-order valence-corrected chi connectivity index (χ2v) is 6.06. The normalized spacial score (nSPS) is 22.1. The predicted molar refractivity (Wildman–Crippen MR) is 86.4 cm³/mol. The quantitative estimate of drug-likeness (QED) is 0.759. The van der Waals surface area contributed by atoms with E-state index >= 15 is 0 Å². The highest BCUT2D eigenvalue weighted by molar-refractivity contribution is 5.33. The van der Waals surface area contributed by atoms with E-state index in [2.05, 4.69) is 43.9 Å². The van der Waals surface area contributed by atoms with Crippen LogP contribution < -0.4 is 5.73 Å². The summed E-state index contributed by atoms with van der Waals surface area (Å²) in [5, 5.41) is 0. The molecule has 0 amide bonds. The van der Waals surface area contributed by atoms with Crippen LogP contribution in [0.1, 0.15) is 27.2 Å². The van der Waals surface area contributed by atoms with E-state index in [0.29, 0.717) is 11.8 Å². The molecule has 1 heterocycles. The number of nitrogens with zero attached hydrogens (tertiary/aromatic N) is 1. The Balaban J connectivity index is 2.96. The van der Waals surface area contributed by atoms with Crippen molar-refractivity contribution in [2.75, 3.05) is 33.9 Å². The molecule has 1 saturated heterocycles. The molecule has 0 saturated carbocycles. The molecule has 2 N–H and O–H groups in total. The summed E-state index contributed by atoms with van der Waals surface area (Å²) in [6.45, 7) is 8.95. The molecule has 0 radical (unpaired) electrons. The van der Waals surface area contributed by atoms with Crippen molar-refractivity contribution in [2.24, 2.45) is 17.6 Å². The first kappa shape index (κ1) is 17.0. The molecule has 1 aliphatic rings. The van der Waals surface area contributed by atoms with Crippen LogP contribution in [0.2, 0.25) is 0 Å². The molecule has 0 aliphatic carbocycles. The number of ether oxygens (including phenoxy) is 1. The van der Waals surface area contributed by atoms with Crippen molar-refractivity contribution in [3.05, 3.63) is 35.1 Å². The molecule has 0 aromatic rings. The van der Waals surface area contributed by atoms with Gasteiger partial charge in [-0.3, -0.25) is 0 Å². The van der Waals surface area contributed by atoms with Crippen LogP contribution in [0.15, 0.2) is 35.1 Å². The van der Waals surface area contributed by atoms with Gasteiger partial charge in [0.15, 0.2) is 0 Å². The lowest BCUT2D eigenvalue weighted by Gasteiger charge is -2.17. The maximum atomic E-state index is 6.31. The Bertz CT molecular complexity index is 386. The summed E-state index contributed by atoms with van der Waals surface area (Å²) in [6.07, 6.45) is 7.65. The summed E-state index contributed by atoms with van der Waals surface area (Å²) in [6, 6.07) is 0. The lowest BCUT2D eigenvalue weighted by molar-refractivity contribution is 0.190. The third-order valence-corrected chi connectivity index (χ3v) is 3.68. The molecule has 3 heteroatoms. The summed E-state index contributed by atoms with van der Waals surface area (Å²) in [7, 11) is 4.09. The molecule has 1 fully saturated rings. The van der Waals surface area contributed by atoms with Crippen molar-refractivity contribution < 1.29 is 4.74 Å². The van der Waals surface area contributed by atoms with Crippen LogP contribution in [0, 0.1) is 11.8 Å². The highest BCUT2D eigenvalue weighted by Gasteiger charge is 2.21. The van der Waals surface area contributed by atoms with E-state index < -0.39 is 0 Å². The molecule has 1 atom stereocenters. The van der Waals surface area contributed by atoms with Crippen LogP contribution in [0.3, 0.4) is 0 Å². The monoisotopic (exact) mass is 278 g/mol. The van der Waals surface area contributed by atoms with Gasteiger partial charge in [-0.1, -0.05) is 32.1 Å². The highest BCUT2D eigenvalue weighted by atomic mass is 16.5. The fraction of sp³-hybridized carbons (Fsp3) is 0.647. The number of allylic oxidation sites excluding steroid dienone is 4. The van der Waals surface area contributed by atoms with Gasteiger partial charge in [-0.15, -0.1) is 0 Å². The summed E-state index contributed by atoms with van der Waals surface area (Å²) in [5.41, 5.74) is 9.87. The molecule has 0 aromatic carbocycles. The van der Waals surface area contributed by atoms with E-state index in [1.54, 1.807) is 0 Å². The number of rotatable bonds is 6. The molecule has 114 valence electrons. The van der Waals surface area contributed by atoms with E-state index in [-0.39, 0.29) is 0 Å². The number of hydrogen-bond donors (Lipinski definition) is 1. The minimum absolute atomic E-state index is 0.441. The fourth-order valence-corrected chi connectivity index (χ4v) is 2.53. The summed E-state index contributed by atoms with van der Waals surface area (Å²) >= 11 is 0. The topological polar surface area (TPSA) is 38.5 Å². The summed E-state index contributed by atoms with van der Waals surface area (Å²) < 4.78 is 5.52. The van der Waals surface area contributed by atoms with Gasteiger partial charge in [-0.25, -0.2) is 0 Å². The third-order valence-electron chi connectivity index (χ3n) is 3.68. The Morgan fingerprint density at radius 2 is 2.05 bits per heavy atom. The molecule has 0 bridgehead atoms. The van der Waals surface area contributed by atoms with Gasteiger partial charge in [0.05, 0.1) is 6.61 Å². The summed E-state index contributed by atoms with van der Waals surface area (Å²) in [5.74, 6) is 0.976. The van der Waals surface area contributed by atoms with E-state index in [1.165, 1.54) is 11.1 Å². The van der Waals surface area contributed by atoms with Crippen LogP contribution in [0.25, 0.3) is 0 Å². The molecular weight excluding hydrogens is 248 g/mol. The van der Waals surface area contributed by atoms with Gasteiger partial charge in [0.2, 0.25) is 0 Å². The number of nitrogens with two attached hydrogens (primary N) is 1. The molecule has 20 heavy (non-hydrogen) atoms. The van der Waals surface area contributed by atoms with Gasteiger partial charge in [0, 0.05) is 24.8 Å². The lowest BCUT2D eigenvalue weighted by atomic mass is 9.93. The van der Waals surface area contributed by atoms with Crippen molar-refractivity contribution in [3.8, 4) is 0 Å². The Hall–Kier alpha value is -1.06. The van der Waals surface area contributed by atoms with E-state index in [9.17, 15) is 0 Å². The van der Waals surface area contributed by atoms with Crippen molar-refractivity contribution in [1.82, 2.24) is 4.90 Å². The minimum Gasteiger partial charge on any atom is -0.401 e. The van der Waals surface area contributed by atoms with Gasteiger partial charge >= 0.3 is 0 Å². The van der Waals surface area contributed by atoms with Crippen molar-refractivity contribution >= 4 is 0 Å². The molecular formula is C17H30N2O. The van der Waals surface area contributed by atoms with Gasteiger partial charge < -0.3 is 15.4 Å². The number of hydrogen-bond acceptors (Lipinski definition) is 3. The van der Waals surface area contributed by atoms with Gasteiger partial charge in [0.1, 0.15) is 0 Å². The first-order valence-corrected chi connectivity index (χ1v) is 7.51. The van der Waals surface area contributed by atoms with Gasteiger partial charge in [0.25, 0.3) is 0 Å². The van der Waals surface area contributed by atoms with Crippen LogP contribution in [-0.2, 0) is 4.74 Å². The van der Waals surface area contributed by atoms with Crippen LogP contribution >= 0.6 is 0 Å². The smallest absolute Gasteiger partial charge is 0.0536 e. The first-order valence-electron chi connectivity index (χ1n) is 7.51. The largest absolute Gasteiger partial charge is 0.401 e. The highest BCUT2D eigenvalue weighted by Crippen LogP contribution is 2.25. The van der Waals surface area contributed by atoms with Crippen LogP contribution in [0.5, 0.6) is 0 Å². The Kier molecular flexibility index (Phi) is 7.03. The SMILES string of the molecule is C\C=C(/C=C\C(=C(/N)CN(C)C)[C@H]1CCOC1)C(C)C. The average molecular weight is 278 g/mol. The zero-order chi connectivity index (χ0) is 15.1. The molecule has 0 unspecified atom stereocenters. The van der Waals surface area contributed by atoms with Gasteiger partial charge in [-0.05, 0) is 44.5 Å². The van der Waals surface area contributed by atoms with Crippen molar-refractivity contribution in [2.45, 2.75) is 27.2 Å². The predicted octanol–water partition coefficient (Wildman–Crippen LogP) is 2.96. The van der Waals surface area contributed by atoms with Crippen LogP contribution in [-0.4, -0.2) is 38.8 Å². The molecule has 3 nitrogen and oxygen atoms in total. The average Bonchev–Trinajstić information content (AvgIpc) is 2.86. The third kappa shape index (κ3) is 5.14. The molecule has 1 rings (SSSR count). The Labute approximate surface area is 124 Å². The molecule has 0 spiro atoms. The van der Waals surface area contributed by atoms with E-state index in [0.717, 1.165) is 31.9 Å². The maximum absolute atomic E-state index is 6.31. The second-order valence-electron chi connectivity index (χ2n) is 6.06. The minimum atomic E-state index is 0.441. The number of likely N-dealkylation sites (N-methyl/N-ethyl adjacent to an activating group) is 1. The zero-order valence-corrected chi connectivity index (χ0v) is 13.6. The zero-order valence-electron chi connectivity index (χ0n) is 13.6. The Morgan fingerprint density at radius 3 is 2.50 bits per heavy atom. The molecule has 1 aliphatic heterocycles. The second kappa shape index (κ2) is 8.28. The standard InChI is InChI=1S/C17H30N2O/c1-6-14(13(2)3)7-8-16(15-9-10-20-12-15)17(18)11-19(4)5/h6-8,13,15H,9-12,18H2,1-5H3/b8-7-,14-6+,17-16+/t15-/m0/s1.